The first kappa shape index (κ1) is 25.9. The number of aryl methyl sites for hydroxylation is 2. The molecule has 0 amide bonds. The van der Waals surface area contributed by atoms with E-state index in [0.717, 1.165) is 66.5 Å². The van der Waals surface area contributed by atoms with E-state index in [2.05, 4.69) is 52.5 Å². The van der Waals surface area contributed by atoms with Crippen molar-refractivity contribution in [3.63, 3.8) is 0 Å². The predicted octanol–water partition coefficient (Wildman–Crippen LogP) is 5.32. The van der Waals surface area contributed by atoms with E-state index in [1.165, 1.54) is 50.5 Å². The van der Waals surface area contributed by atoms with Gasteiger partial charge >= 0.3 is 0 Å². The van der Waals surface area contributed by atoms with E-state index in [0.29, 0.717) is 5.84 Å². The van der Waals surface area contributed by atoms with Gasteiger partial charge in [0.2, 0.25) is 0 Å². The van der Waals surface area contributed by atoms with Gasteiger partial charge in [0.1, 0.15) is 5.82 Å². The molecule has 4 rings (SSSR count). The third-order valence-electron chi connectivity index (χ3n) is 7.33. The molecule has 192 valence electrons. The van der Waals surface area contributed by atoms with Gasteiger partial charge in [0.05, 0.1) is 6.54 Å². The fourth-order valence-corrected chi connectivity index (χ4v) is 5.29. The van der Waals surface area contributed by atoms with Crippen molar-refractivity contribution >= 4 is 5.84 Å². The van der Waals surface area contributed by atoms with Crippen LogP contribution < -0.4 is 17.1 Å². The number of amidine groups is 1. The first-order valence-corrected chi connectivity index (χ1v) is 13.6. The van der Waals surface area contributed by atoms with Crippen molar-refractivity contribution in [3.8, 4) is 11.1 Å². The van der Waals surface area contributed by atoms with Crippen LogP contribution in [0.4, 0.5) is 0 Å². The van der Waals surface area contributed by atoms with E-state index in [4.69, 9.17) is 21.8 Å². The van der Waals surface area contributed by atoms with Gasteiger partial charge in [-0.15, -0.1) is 0 Å². The summed E-state index contributed by atoms with van der Waals surface area (Å²) >= 11 is 0. The summed E-state index contributed by atoms with van der Waals surface area (Å²) in [5.74, 6) is 14.6. The number of hydrazone groups is 1. The van der Waals surface area contributed by atoms with Gasteiger partial charge in [-0.05, 0) is 35.4 Å². The van der Waals surface area contributed by atoms with Crippen LogP contribution in [0.5, 0.6) is 0 Å². The molecule has 1 aliphatic carbocycles. The van der Waals surface area contributed by atoms with Gasteiger partial charge < -0.3 is 11.3 Å². The monoisotopic (exact) mass is 487 g/mol. The Labute approximate surface area is 215 Å². The van der Waals surface area contributed by atoms with Gasteiger partial charge in [-0.2, -0.15) is 10.2 Å². The van der Waals surface area contributed by atoms with Gasteiger partial charge in [0.15, 0.2) is 11.7 Å². The highest BCUT2D eigenvalue weighted by molar-refractivity contribution is 6.04. The lowest BCUT2D eigenvalue weighted by Gasteiger charge is -2.21. The Hall–Kier alpha value is -3.19. The Morgan fingerprint density at radius 1 is 1.03 bits per heavy atom. The number of unbranched alkanes of at least 4 members (excludes halogenated alkanes) is 1. The fraction of sp³-hybridized carbons (Fsp3) is 0.483. The highest BCUT2D eigenvalue weighted by Gasteiger charge is 2.16. The van der Waals surface area contributed by atoms with Crippen molar-refractivity contribution in [2.75, 3.05) is 0 Å². The van der Waals surface area contributed by atoms with E-state index in [-0.39, 0.29) is 0 Å². The van der Waals surface area contributed by atoms with Gasteiger partial charge in [-0.1, -0.05) is 100 Å². The molecule has 36 heavy (non-hydrogen) atoms. The molecule has 0 bridgehead atoms. The topological polar surface area (TPSA) is 107 Å². The standard InChI is InChI=1S/C29H41N7/c1-2-3-15-27-32-28(16-9-12-22-10-5-4-6-11-22)36(35-27)21-23-17-19-24(20-18-23)25-13-7-8-14-26(25)29(33-30)34-31/h7-8,13-14,17-20,22H,2-6,9-12,15-16,21,30-31H2,1H3,(H,33,34). The Bertz CT molecular complexity index is 1110. The molecule has 0 aliphatic heterocycles. The van der Waals surface area contributed by atoms with Crippen LogP contribution in [0.1, 0.15) is 87.5 Å². The maximum atomic E-state index is 5.62. The van der Waals surface area contributed by atoms with E-state index in [9.17, 15) is 0 Å². The lowest BCUT2D eigenvalue weighted by atomic mass is 9.86. The number of rotatable bonds is 11. The Morgan fingerprint density at radius 2 is 1.81 bits per heavy atom. The van der Waals surface area contributed by atoms with Crippen LogP contribution in [-0.4, -0.2) is 20.6 Å². The lowest BCUT2D eigenvalue weighted by Crippen LogP contribution is -2.32. The zero-order valence-electron chi connectivity index (χ0n) is 21.6. The van der Waals surface area contributed by atoms with Crippen molar-refractivity contribution in [1.82, 2.24) is 20.2 Å². The summed E-state index contributed by atoms with van der Waals surface area (Å²) in [4.78, 5) is 4.95. The zero-order valence-corrected chi connectivity index (χ0v) is 21.6. The van der Waals surface area contributed by atoms with E-state index < -0.39 is 0 Å². The molecule has 1 saturated carbocycles. The second-order valence-electron chi connectivity index (χ2n) is 9.97. The minimum atomic E-state index is 0.453. The number of nitrogens with zero attached hydrogens (tertiary/aromatic N) is 4. The lowest BCUT2D eigenvalue weighted by molar-refractivity contribution is 0.331. The Balaban J connectivity index is 1.47. The number of aromatic nitrogens is 3. The minimum absolute atomic E-state index is 0.453. The van der Waals surface area contributed by atoms with Gasteiger partial charge in [0, 0.05) is 18.4 Å². The van der Waals surface area contributed by atoms with Crippen molar-refractivity contribution in [2.45, 2.75) is 84.1 Å². The summed E-state index contributed by atoms with van der Waals surface area (Å²) in [5, 5.41) is 8.69. The average molecular weight is 488 g/mol. The average Bonchev–Trinajstić information content (AvgIpc) is 3.30. The predicted molar refractivity (Wildman–Crippen MR) is 147 cm³/mol. The van der Waals surface area contributed by atoms with Crippen molar-refractivity contribution in [3.05, 3.63) is 71.3 Å². The summed E-state index contributed by atoms with van der Waals surface area (Å²) < 4.78 is 2.13. The Kier molecular flexibility index (Phi) is 9.50. The van der Waals surface area contributed by atoms with Crippen molar-refractivity contribution in [1.29, 1.82) is 0 Å². The molecule has 0 spiro atoms. The molecular weight excluding hydrogens is 446 g/mol. The molecule has 1 aliphatic rings. The summed E-state index contributed by atoms with van der Waals surface area (Å²) in [7, 11) is 0. The first-order valence-electron chi connectivity index (χ1n) is 13.6. The van der Waals surface area contributed by atoms with Crippen LogP contribution in [-0.2, 0) is 19.4 Å². The van der Waals surface area contributed by atoms with Crippen molar-refractivity contribution in [2.24, 2.45) is 22.7 Å². The third-order valence-corrected chi connectivity index (χ3v) is 7.33. The number of nitrogens with one attached hydrogen (secondary N) is 1. The minimum Gasteiger partial charge on any atom is -0.321 e. The number of hydrogen-bond acceptors (Lipinski definition) is 5. The number of benzene rings is 2. The summed E-state index contributed by atoms with van der Waals surface area (Å²) in [6.07, 6.45) is 13.8. The maximum Gasteiger partial charge on any atom is 0.167 e. The zero-order chi connectivity index (χ0) is 25.2. The Morgan fingerprint density at radius 3 is 2.53 bits per heavy atom. The number of hydrogen-bond donors (Lipinski definition) is 3. The third kappa shape index (κ3) is 6.72. The first-order chi connectivity index (χ1) is 17.7. The van der Waals surface area contributed by atoms with Crippen LogP contribution in [0, 0.1) is 5.92 Å². The summed E-state index contributed by atoms with van der Waals surface area (Å²) in [6, 6.07) is 16.6. The van der Waals surface area contributed by atoms with Crippen LogP contribution in [0.2, 0.25) is 0 Å². The SMILES string of the molecule is CCCCc1nc(CCCC2CCCCC2)n(Cc2ccc(-c3ccccc3/C(=N/N)NN)cc2)n1. The summed E-state index contributed by atoms with van der Waals surface area (Å²) in [5.41, 5.74) is 6.78. The highest BCUT2D eigenvalue weighted by Crippen LogP contribution is 2.28. The molecule has 0 atom stereocenters. The molecule has 0 unspecified atom stereocenters. The smallest absolute Gasteiger partial charge is 0.167 e. The van der Waals surface area contributed by atoms with Crippen LogP contribution >= 0.6 is 0 Å². The highest BCUT2D eigenvalue weighted by atomic mass is 15.3. The quantitative estimate of drug-likeness (QED) is 0.147. The van der Waals surface area contributed by atoms with Crippen LogP contribution in [0.25, 0.3) is 11.1 Å². The molecule has 7 heteroatoms. The summed E-state index contributed by atoms with van der Waals surface area (Å²) in [6.45, 7) is 2.95. The fourth-order valence-electron chi connectivity index (χ4n) is 5.29. The largest absolute Gasteiger partial charge is 0.321 e. The van der Waals surface area contributed by atoms with Crippen LogP contribution in [0.3, 0.4) is 0 Å². The molecular formula is C29H41N7. The van der Waals surface area contributed by atoms with Crippen molar-refractivity contribution < 1.29 is 0 Å². The molecule has 5 N–H and O–H groups in total. The van der Waals surface area contributed by atoms with Crippen LogP contribution in [0.15, 0.2) is 53.6 Å². The van der Waals surface area contributed by atoms with E-state index >= 15 is 0 Å². The molecule has 3 aromatic rings. The second kappa shape index (κ2) is 13.2. The normalized spacial score (nSPS) is 14.8. The molecule has 1 aromatic heterocycles. The molecule has 1 fully saturated rings. The molecule has 0 radical (unpaired) electrons. The van der Waals surface area contributed by atoms with Gasteiger partial charge in [0.25, 0.3) is 0 Å². The maximum absolute atomic E-state index is 5.62. The second-order valence-corrected chi connectivity index (χ2v) is 9.97. The number of nitrogens with two attached hydrogens (primary N) is 2. The van der Waals surface area contributed by atoms with Gasteiger partial charge in [-0.25, -0.2) is 15.5 Å². The number of hydrazine groups is 1. The molecule has 2 aromatic carbocycles. The van der Waals surface area contributed by atoms with E-state index in [1.807, 2.05) is 18.2 Å². The van der Waals surface area contributed by atoms with E-state index in [1.54, 1.807) is 0 Å². The van der Waals surface area contributed by atoms with Gasteiger partial charge in [-0.3, -0.25) is 0 Å². The molecule has 1 heterocycles. The molecule has 7 nitrogen and oxygen atoms in total. The molecule has 0 saturated heterocycles.